The number of amides is 1. The lowest BCUT2D eigenvalue weighted by molar-refractivity contribution is 0.187. The Hall–Kier alpha value is -2.74. The molecule has 0 aliphatic carbocycles. The molecular formula is C14H13N5O2S. The van der Waals surface area contributed by atoms with E-state index in [0.717, 1.165) is 15.4 Å². The number of pyridine rings is 2. The highest BCUT2D eigenvalue weighted by Crippen LogP contribution is 2.27. The van der Waals surface area contributed by atoms with Crippen molar-refractivity contribution in [2.24, 2.45) is 0 Å². The molecule has 22 heavy (non-hydrogen) atoms. The lowest BCUT2D eigenvalue weighted by atomic mass is 10.5. The van der Waals surface area contributed by atoms with Crippen molar-refractivity contribution in [1.29, 1.82) is 0 Å². The van der Waals surface area contributed by atoms with Gasteiger partial charge in [0.25, 0.3) is 0 Å². The first-order valence-electron chi connectivity index (χ1n) is 6.37. The van der Waals surface area contributed by atoms with E-state index in [2.05, 4.69) is 20.0 Å². The summed E-state index contributed by atoms with van der Waals surface area (Å²) in [5, 5.41) is 2.53. The zero-order valence-corrected chi connectivity index (χ0v) is 12.5. The summed E-state index contributed by atoms with van der Waals surface area (Å²) in [6.07, 6.45) is 4.82. The van der Waals surface area contributed by atoms with Crippen LogP contribution in [0.25, 0.3) is 5.65 Å². The fourth-order valence-corrected chi connectivity index (χ4v) is 2.65. The molecule has 0 atom stereocenters. The molecule has 3 aromatic rings. The lowest BCUT2D eigenvalue weighted by Gasteiger charge is -2.02. The minimum absolute atomic E-state index is 0.433. The van der Waals surface area contributed by atoms with Gasteiger partial charge in [-0.3, -0.25) is 5.32 Å². The smallest absolute Gasteiger partial charge is 0.412 e. The Morgan fingerprint density at radius 2 is 2.09 bits per heavy atom. The first kappa shape index (κ1) is 14.2. The minimum Gasteiger partial charge on any atom is -0.453 e. The van der Waals surface area contributed by atoms with Gasteiger partial charge in [-0.05, 0) is 24.3 Å². The van der Waals surface area contributed by atoms with Crippen LogP contribution in [0, 0.1) is 0 Å². The van der Waals surface area contributed by atoms with Crippen molar-refractivity contribution in [2.75, 3.05) is 18.2 Å². The summed E-state index contributed by atoms with van der Waals surface area (Å²) in [6, 6.07) is 7.49. The van der Waals surface area contributed by atoms with Crippen LogP contribution in [0.4, 0.5) is 16.4 Å². The molecule has 112 valence electrons. The third-order valence-corrected chi connectivity index (χ3v) is 3.79. The van der Waals surface area contributed by atoms with Crippen LogP contribution in [0.2, 0.25) is 0 Å². The monoisotopic (exact) mass is 315 g/mol. The second-order valence-electron chi connectivity index (χ2n) is 4.39. The third kappa shape index (κ3) is 3.12. The summed E-state index contributed by atoms with van der Waals surface area (Å²) < 4.78 is 6.37. The number of methoxy groups -OCH3 is 1. The van der Waals surface area contributed by atoms with Gasteiger partial charge >= 0.3 is 6.09 Å². The van der Waals surface area contributed by atoms with Gasteiger partial charge in [-0.25, -0.2) is 14.8 Å². The van der Waals surface area contributed by atoms with Crippen LogP contribution in [0.3, 0.4) is 0 Å². The first-order valence-corrected chi connectivity index (χ1v) is 7.19. The van der Waals surface area contributed by atoms with Crippen molar-refractivity contribution in [2.45, 2.75) is 9.79 Å². The van der Waals surface area contributed by atoms with Crippen LogP contribution < -0.4 is 11.1 Å². The molecule has 0 bridgehead atoms. The number of fused-ring (bicyclic) bond motifs is 1. The Morgan fingerprint density at radius 3 is 2.82 bits per heavy atom. The summed E-state index contributed by atoms with van der Waals surface area (Å²) >= 11 is 1.56. The number of hydrogen-bond donors (Lipinski definition) is 2. The predicted octanol–water partition coefficient (Wildman–Crippen LogP) is 2.64. The lowest BCUT2D eigenvalue weighted by Crippen LogP contribution is -2.10. The van der Waals surface area contributed by atoms with Gasteiger partial charge in [-0.15, -0.1) is 0 Å². The molecule has 0 spiro atoms. The van der Waals surface area contributed by atoms with Crippen molar-refractivity contribution in [3.8, 4) is 0 Å². The van der Waals surface area contributed by atoms with E-state index in [1.807, 2.05) is 28.8 Å². The number of nitrogens with zero attached hydrogens (tertiary/aromatic N) is 3. The largest absolute Gasteiger partial charge is 0.453 e. The Labute approximate surface area is 130 Å². The van der Waals surface area contributed by atoms with Gasteiger partial charge in [0.15, 0.2) is 5.82 Å². The zero-order valence-electron chi connectivity index (χ0n) is 11.7. The minimum atomic E-state index is -0.550. The number of nitrogens with two attached hydrogens (primary N) is 1. The van der Waals surface area contributed by atoms with Gasteiger partial charge in [0.2, 0.25) is 0 Å². The van der Waals surface area contributed by atoms with Crippen LogP contribution in [-0.2, 0) is 4.74 Å². The van der Waals surface area contributed by atoms with Crippen LogP contribution in [-0.4, -0.2) is 27.6 Å². The Bertz CT molecular complexity index is 816. The second-order valence-corrected chi connectivity index (χ2v) is 5.54. The molecule has 3 N–H and O–H groups in total. The molecule has 3 aromatic heterocycles. The van der Waals surface area contributed by atoms with Crippen molar-refractivity contribution < 1.29 is 9.53 Å². The standard InChI is InChI=1S/C14H13N5O2S/c1-21-14(20)18-12-8-19-7-10(3-5-13(19)17-12)22-9-2-4-11(15)16-6-9/h2-8H,1H3,(H2,15,16)(H,18,20). The Balaban J connectivity index is 1.83. The number of ether oxygens (including phenoxy) is 1. The van der Waals surface area contributed by atoms with E-state index >= 15 is 0 Å². The average molecular weight is 315 g/mol. The van der Waals surface area contributed by atoms with E-state index in [1.54, 1.807) is 30.2 Å². The zero-order chi connectivity index (χ0) is 15.5. The Kier molecular flexibility index (Phi) is 3.84. The highest BCUT2D eigenvalue weighted by atomic mass is 32.2. The molecule has 0 unspecified atom stereocenters. The number of anilines is 2. The molecule has 0 aromatic carbocycles. The molecule has 0 aliphatic heterocycles. The topological polar surface area (TPSA) is 94.5 Å². The maximum Gasteiger partial charge on any atom is 0.412 e. The molecule has 0 saturated carbocycles. The quantitative estimate of drug-likeness (QED) is 0.771. The normalized spacial score (nSPS) is 10.6. The first-order chi connectivity index (χ1) is 10.6. The number of hydrogen-bond acceptors (Lipinski definition) is 6. The molecule has 7 nitrogen and oxygen atoms in total. The summed E-state index contributed by atoms with van der Waals surface area (Å²) in [4.78, 5) is 21.5. The van der Waals surface area contributed by atoms with Gasteiger partial charge < -0.3 is 14.9 Å². The van der Waals surface area contributed by atoms with E-state index in [4.69, 9.17) is 5.73 Å². The molecule has 8 heteroatoms. The van der Waals surface area contributed by atoms with Crippen LogP contribution >= 0.6 is 11.8 Å². The van der Waals surface area contributed by atoms with Gasteiger partial charge in [-0.1, -0.05) is 11.8 Å². The maximum absolute atomic E-state index is 11.2. The molecule has 0 aliphatic rings. The van der Waals surface area contributed by atoms with E-state index in [0.29, 0.717) is 11.6 Å². The summed E-state index contributed by atoms with van der Waals surface area (Å²) in [5.41, 5.74) is 6.30. The van der Waals surface area contributed by atoms with Crippen molar-refractivity contribution in [1.82, 2.24) is 14.4 Å². The maximum atomic E-state index is 11.2. The van der Waals surface area contributed by atoms with Gasteiger partial charge in [0, 0.05) is 22.2 Å². The number of nitrogens with one attached hydrogen (secondary N) is 1. The highest BCUT2D eigenvalue weighted by Gasteiger charge is 2.07. The van der Waals surface area contributed by atoms with Gasteiger partial charge in [0.1, 0.15) is 11.5 Å². The summed E-state index contributed by atoms with van der Waals surface area (Å²) in [6.45, 7) is 0. The fourth-order valence-electron chi connectivity index (χ4n) is 1.84. The number of carbonyl (C=O) groups is 1. The Morgan fingerprint density at radius 1 is 1.27 bits per heavy atom. The molecule has 3 heterocycles. The molecule has 3 rings (SSSR count). The van der Waals surface area contributed by atoms with Crippen LogP contribution in [0.15, 0.2) is 52.6 Å². The SMILES string of the molecule is COC(=O)Nc1cn2cc(Sc3ccc(N)nc3)ccc2n1. The van der Waals surface area contributed by atoms with E-state index in [1.165, 1.54) is 7.11 Å². The van der Waals surface area contributed by atoms with Gasteiger partial charge in [0.05, 0.1) is 13.3 Å². The summed E-state index contributed by atoms with van der Waals surface area (Å²) in [5.74, 6) is 0.927. The molecule has 0 radical (unpaired) electrons. The number of rotatable bonds is 3. The van der Waals surface area contributed by atoms with Crippen molar-refractivity contribution >= 4 is 35.1 Å². The van der Waals surface area contributed by atoms with Gasteiger partial charge in [-0.2, -0.15) is 0 Å². The number of nitrogen functional groups attached to an aromatic ring is 1. The van der Waals surface area contributed by atoms with Crippen LogP contribution in [0.5, 0.6) is 0 Å². The van der Waals surface area contributed by atoms with E-state index < -0.39 is 6.09 Å². The fraction of sp³-hybridized carbons (Fsp3) is 0.0714. The molecule has 0 saturated heterocycles. The molecule has 0 fully saturated rings. The number of carbonyl (C=O) groups excluding carboxylic acids is 1. The second kappa shape index (κ2) is 5.94. The van der Waals surface area contributed by atoms with E-state index in [9.17, 15) is 4.79 Å². The van der Waals surface area contributed by atoms with Crippen LogP contribution in [0.1, 0.15) is 0 Å². The number of aromatic nitrogens is 3. The number of imidazole rings is 1. The molecule has 1 amide bonds. The summed E-state index contributed by atoms with van der Waals surface area (Å²) in [7, 11) is 1.31. The third-order valence-electron chi connectivity index (χ3n) is 2.83. The van der Waals surface area contributed by atoms with Crippen molar-refractivity contribution in [3.05, 3.63) is 42.9 Å². The highest BCUT2D eigenvalue weighted by molar-refractivity contribution is 7.99. The molecular weight excluding hydrogens is 302 g/mol. The average Bonchev–Trinajstić information content (AvgIpc) is 2.91. The predicted molar refractivity (Wildman–Crippen MR) is 84.0 cm³/mol. The van der Waals surface area contributed by atoms with E-state index in [-0.39, 0.29) is 0 Å². The van der Waals surface area contributed by atoms with Crippen molar-refractivity contribution in [3.63, 3.8) is 0 Å².